The summed E-state index contributed by atoms with van der Waals surface area (Å²) >= 11 is 5.89. The maximum absolute atomic E-state index is 11.2. The fourth-order valence-electron chi connectivity index (χ4n) is 1.48. The number of methoxy groups -OCH3 is 1. The molecule has 0 aliphatic rings. The number of carbonyl (C=O) groups excluding carboxylic acids is 1. The SMILES string of the molecule is COC(=O)c1cc2cc(Cl)cc(C)c2o1. The molecule has 0 N–H and O–H groups in total. The van der Waals surface area contributed by atoms with Crippen molar-refractivity contribution in [1.82, 2.24) is 0 Å². The number of ether oxygens (including phenoxy) is 1. The van der Waals surface area contributed by atoms with E-state index in [-0.39, 0.29) is 5.76 Å². The van der Waals surface area contributed by atoms with E-state index in [1.807, 2.05) is 6.92 Å². The average molecular weight is 225 g/mol. The maximum Gasteiger partial charge on any atom is 0.373 e. The number of esters is 1. The zero-order valence-electron chi connectivity index (χ0n) is 8.33. The second kappa shape index (κ2) is 3.59. The van der Waals surface area contributed by atoms with Gasteiger partial charge < -0.3 is 9.15 Å². The number of hydrogen-bond acceptors (Lipinski definition) is 3. The quantitative estimate of drug-likeness (QED) is 0.699. The van der Waals surface area contributed by atoms with Crippen LogP contribution in [0.1, 0.15) is 16.1 Å². The molecule has 0 radical (unpaired) electrons. The number of aryl methyl sites for hydroxylation is 1. The molecule has 0 amide bonds. The number of rotatable bonds is 1. The molecule has 0 saturated carbocycles. The second-order valence-electron chi connectivity index (χ2n) is 3.24. The minimum absolute atomic E-state index is 0.192. The largest absolute Gasteiger partial charge is 0.463 e. The number of benzene rings is 1. The topological polar surface area (TPSA) is 39.4 Å². The Kier molecular flexibility index (Phi) is 2.40. The van der Waals surface area contributed by atoms with Gasteiger partial charge in [0.05, 0.1) is 7.11 Å². The molecule has 0 spiro atoms. The minimum Gasteiger partial charge on any atom is -0.463 e. The lowest BCUT2D eigenvalue weighted by molar-refractivity contribution is 0.0567. The Morgan fingerprint density at radius 2 is 2.13 bits per heavy atom. The van der Waals surface area contributed by atoms with Crippen molar-refractivity contribution in [1.29, 1.82) is 0 Å². The zero-order chi connectivity index (χ0) is 11.0. The Morgan fingerprint density at radius 3 is 2.80 bits per heavy atom. The summed E-state index contributed by atoms with van der Waals surface area (Å²) in [6.07, 6.45) is 0. The predicted octanol–water partition coefficient (Wildman–Crippen LogP) is 3.18. The van der Waals surface area contributed by atoms with Gasteiger partial charge in [0.2, 0.25) is 5.76 Å². The molecular weight excluding hydrogens is 216 g/mol. The Morgan fingerprint density at radius 1 is 1.40 bits per heavy atom. The monoisotopic (exact) mass is 224 g/mol. The molecule has 0 aliphatic heterocycles. The van der Waals surface area contributed by atoms with Crippen LogP contribution in [-0.2, 0) is 4.74 Å². The number of halogens is 1. The van der Waals surface area contributed by atoms with Crippen LogP contribution in [0, 0.1) is 6.92 Å². The molecule has 2 aromatic rings. The van der Waals surface area contributed by atoms with Crippen molar-refractivity contribution in [3.8, 4) is 0 Å². The first-order valence-electron chi connectivity index (χ1n) is 4.40. The molecule has 0 bridgehead atoms. The summed E-state index contributed by atoms with van der Waals surface area (Å²) in [4.78, 5) is 11.2. The van der Waals surface area contributed by atoms with Crippen molar-refractivity contribution < 1.29 is 13.9 Å². The summed E-state index contributed by atoms with van der Waals surface area (Å²) in [7, 11) is 1.31. The standard InChI is InChI=1S/C11H9ClO3/c1-6-3-8(12)4-7-5-9(11(13)14-2)15-10(6)7/h3-5H,1-2H3. The van der Waals surface area contributed by atoms with Crippen LogP contribution in [0.25, 0.3) is 11.0 Å². The van der Waals surface area contributed by atoms with Crippen LogP contribution in [-0.4, -0.2) is 13.1 Å². The molecule has 15 heavy (non-hydrogen) atoms. The van der Waals surface area contributed by atoms with E-state index in [1.54, 1.807) is 18.2 Å². The molecule has 3 nitrogen and oxygen atoms in total. The molecule has 2 rings (SSSR count). The van der Waals surface area contributed by atoms with Gasteiger partial charge in [-0.3, -0.25) is 0 Å². The van der Waals surface area contributed by atoms with Gasteiger partial charge in [0.1, 0.15) is 5.58 Å². The maximum atomic E-state index is 11.2. The Hall–Kier alpha value is -1.48. The van der Waals surface area contributed by atoms with Gasteiger partial charge in [0, 0.05) is 10.4 Å². The number of furan rings is 1. The normalized spacial score (nSPS) is 10.6. The van der Waals surface area contributed by atoms with Gasteiger partial charge in [-0.05, 0) is 30.7 Å². The number of carbonyl (C=O) groups is 1. The highest BCUT2D eigenvalue weighted by molar-refractivity contribution is 6.31. The van der Waals surface area contributed by atoms with Gasteiger partial charge in [0.15, 0.2) is 0 Å². The molecule has 4 heteroatoms. The molecule has 0 unspecified atom stereocenters. The van der Waals surface area contributed by atoms with E-state index in [4.69, 9.17) is 16.0 Å². The molecule has 0 saturated heterocycles. The summed E-state index contributed by atoms with van der Waals surface area (Å²) in [5, 5.41) is 1.43. The van der Waals surface area contributed by atoms with E-state index >= 15 is 0 Å². The average Bonchev–Trinajstić information content (AvgIpc) is 2.60. The van der Waals surface area contributed by atoms with E-state index in [1.165, 1.54) is 7.11 Å². The Labute approximate surface area is 91.6 Å². The van der Waals surface area contributed by atoms with Crippen molar-refractivity contribution in [2.45, 2.75) is 6.92 Å². The van der Waals surface area contributed by atoms with Crippen LogP contribution in [0.4, 0.5) is 0 Å². The van der Waals surface area contributed by atoms with Gasteiger partial charge in [0.25, 0.3) is 0 Å². The van der Waals surface area contributed by atoms with Crippen molar-refractivity contribution in [2.75, 3.05) is 7.11 Å². The fourth-order valence-corrected chi connectivity index (χ4v) is 1.77. The molecule has 78 valence electrons. The van der Waals surface area contributed by atoms with Crippen LogP contribution in [0.2, 0.25) is 5.02 Å². The molecule has 0 aliphatic carbocycles. The summed E-state index contributed by atoms with van der Waals surface area (Å²) < 4.78 is 9.94. The third-order valence-corrected chi connectivity index (χ3v) is 2.37. The first-order valence-corrected chi connectivity index (χ1v) is 4.77. The van der Waals surface area contributed by atoms with Crippen LogP contribution in [0.3, 0.4) is 0 Å². The predicted molar refractivity (Wildman–Crippen MR) is 57.3 cm³/mol. The highest BCUT2D eigenvalue weighted by atomic mass is 35.5. The highest BCUT2D eigenvalue weighted by Crippen LogP contribution is 2.26. The van der Waals surface area contributed by atoms with Crippen LogP contribution in [0.5, 0.6) is 0 Å². The van der Waals surface area contributed by atoms with E-state index in [2.05, 4.69) is 4.74 Å². The van der Waals surface area contributed by atoms with Crippen molar-refractivity contribution in [2.24, 2.45) is 0 Å². The smallest absolute Gasteiger partial charge is 0.373 e. The van der Waals surface area contributed by atoms with E-state index in [0.717, 1.165) is 10.9 Å². The molecule has 1 heterocycles. The Balaban J connectivity index is 2.65. The summed E-state index contributed by atoms with van der Waals surface area (Å²) in [5.74, 6) is -0.292. The van der Waals surface area contributed by atoms with Crippen LogP contribution >= 0.6 is 11.6 Å². The van der Waals surface area contributed by atoms with E-state index in [0.29, 0.717) is 10.6 Å². The van der Waals surface area contributed by atoms with Gasteiger partial charge in [-0.2, -0.15) is 0 Å². The first-order chi connectivity index (χ1) is 7.11. The lowest BCUT2D eigenvalue weighted by atomic mass is 10.2. The third-order valence-electron chi connectivity index (χ3n) is 2.15. The van der Waals surface area contributed by atoms with Crippen molar-refractivity contribution >= 4 is 28.5 Å². The second-order valence-corrected chi connectivity index (χ2v) is 3.68. The van der Waals surface area contributed by atoms with E-state index in [9.17, 15) is 4.79 Å². The Bertz CT molecular complexity index is 528. The van der Waals surface area contributed by atoms with Gasteiger partial charge in [-0.1, -0.05) is 11.6 Å². The molecule has 0 fully saturated rings. The van der Waals surface area contributed by atoms with Crippen molar-refractivity contribution in [3.63, 3.8) is 0 Å². The number of hydrogen-bond donors (Lipinski definition) is 0. The summed E-state index contributed by atoms with van der Waals surface area (Å²) in [6, 6.07) is 5.16. The lowest BCUT2D eigenvalue weighted by Gasteiger charge is -1.95. The van der Waals surface area contributed by atoms with Crippen LogP contribution < -0.4 is 0 Å². The highest BCUT2D eigenvalue weighted by Gasteiger charge is 2.13. The van der Waals surface area contributed by atoms with Crippen molar-refractivity contribution in [3.05, 3.63) is 34.5 Å². The minimum atomic E-state index is -0.485. The first kappa shape index (κ1) is 10.1. The van der Waals surface area contributed by atoms with Crippen LogP contribution in [0.15, 0.2) is 22.6 Å². The molecular formula is C11H9ClO3. The summed E-state index contributed by atoms with van der Waals surface area (Å²) in [6.45, 7) is 1.87. The molecule has 1 aromatic heterocycles. The van der Waals surface area contributed by atoms with E-state index < -0.39 is 5.97 Å². The lowest BCUT2D eigenvalue weighted by Crippen LogP contribution is -1.97. The van der Waals surface area contributed by atoms with Gasteiger partial charge in [-0.15, -0.1) is 0 Å². The third kappa shape index (κ3) is 1.70. The number of fused-ring (bicyclic) bond motifs is 1. The van der Waals surface area contributed by atoms with Gasteiger partial charge in [-0.25, -0.2) is 4.79 Å². The zero-order valence-corrected chi connectivity index (χ0v) is 9.09. The summed E-state index contributed by atoms with van der Waals surface area (Å²) in [5.41, 5.74) is 1.56. The van der Waals surface area contributed by atoms with Gasteiger partial charge >= 0.3 is 5.97 Å². The fraction of sp³-hybridized carbons (Fsp3) is 0.182. The molecule has 0 atom stereocenters. The molecule has 1 aromatic carbocycles.